The smallest absolute Gasteiger partial charge is 0.192 e. The molecule has 13 heteroatoms. The summed E-state index contributed by atoms with van der Waals surface area (Å²) in [6.45, 7) is 28.7. The molecule has 0 N–H and O–H groups in total. The van der Waals surface area contributed by atoms with Crippen LogP contribution in [0.25, 0.3) is 16.1 Å². The van der Waals surface area contributed by atoms with Gasteiger partial charge in [-0.15, -0.1) is 11.3 Å². The Morgan fingerprint density at radius 1 is 0.898 bits per heavy atom. The molecule has 5 rings (SSSR count). The van der Waals surface area contributed by atoms with Gasteiger partial charge in [0.05, 0.1) is 33.4 Å². The van der Waals surface area contributed by atoms with E-state index in [1.54, 1.807) is 11.3 Å². The molecular formula is C36H62BrN5O3SSi3. The Hall–Kier alpha value is -0.939. The maximum atomic E-state index is 6.54. The minimum absolute atomic E-state index is 0.154. The van der Waals surface area contributed by atoms with Crippen molar-refractivity contribution in [3.8, 4) is 10.4 Å². The molecule has 3 heterocycles. The molecule has 8 nitrogen and oxygen atoms in total. The van der Waals surface area contributed by atoms with Gasteiger partial charge in [-0.1, -0.05) is 72.9 Å². The van der Waals surface area contributed by atoms with E-state index in [2.05, 4.69) is 94.0 Å². The molecule has 0 unspecified atom stereocenters. The minimum atomic E-state index is -1.89. The third kappa shape index (κ3) is 10.1. The van der Waals surface area contributed by atoms with Crippen LogP contribution in [0.4, 0.5) is 5.82 Å². The summed E-state index contributed by atoms with van der Waals surface area (Å²) in [5.74, 6) is 3.00. The standard InChI is InChI=1S/C36H62BrN5O3SSi3/c1-36(2,3)49(10,11)45-23-31-38-22-30(46-31)29-21-39-42-34(29)40-33(28-19-26-12-13-27(18-26)20-28)32(37)35(42)41(24-43-14-16-47(4,5)6)25-44-15-17-48(7,8)9/h21-22,26-28H,12-20,23-25H2,1-11H3/t26-,27+,28+. The fraction of sp³-hybridized carbons (Fsp3) is 0.750. The SMILES string of the molecule is CC(C)(C)[Si](C)(C)OCc1ncc(-c2cnn3c(N(COCC[Si](C)(C)C)COCC[Si](C)(C)C)c(Br)c([C@H]4C[C@@H]5CC[C@@H](C5)C4)nc23)s1. The molecule has 2 bridgehead atoms. The molecule has 2 aliphatic carbocycles. The van der Waals surface area contributed by atoms with Crippen LogP contribution in [-0.4, -0.2) is 70.7 Å². The quantitative estimate of drug-likeness (QED) is 0.0810. The van der Waals surface area contributed by atoms with E-state index in [-0.39, 0.29) is 5.04 Å². The van der Waals surface area contributed by atoms with E-state index >= 15 is 0 Å². The first-order valence-electron chi connectivity index (χ1n) is 18.4. The number of anilines is 1. The van der Waals surface area contributed by atoms with Crippen LogP contribution in [0.1, 0.15) is 69.5 Å². The van der Waals surface area contributed by atoms with Crippen molar-refractivity contribution in [1.82, 2.24) is 19.6 Å². The van der Waals surface area contributed by atoms with E-state index in [0.29, 0.717) is 26.0 Å². The van der Waals surface area contributed by atoms with Gasteiger partial charge in [0.2, 0.25) is 0 Å². The van der Waals surface area contributed by atoms with Crippen molar-refractivity contribution in [2.24, 2.45) is 11.8 Å². The number of nitrogens with zero attached hydrogens (tertiary/aromatic N) is 5. The van der Waals surface area contributed by atoms with Crippen LogP contribution in [0.5, 0.6) is 0 Å². The van der Waals surface area contributed by atoms with E-state index < -0.39 is 24.5 Å². The largest absolute Gasteiger partial charge is 0.410 e. The Labute approximate surface area is 311 Å². The molecule has 0 spiro atoms. The van der Waals surface area contributed by atoms with Gasteiger partial charge in [0.25, 0.3) is 0 Å². The molecule has 49 heavy (non-hydrogen) atoms. The molecule has 0 aromatic carbocycles. The maximum absolute atomic E-state index is 6.54. The summed E-state index contributed by atoms with van der Waals surface area (Å²) in [6, 6.07) is 2.25. The first-order chi connectivity index (χ1) is 22.8. The number of hydrogen-bond donors (Lipinski definition) is 0. The van der Waals surface area contributed by atoms with Crippen molar-refractivity contribution in [3.05, 3.63) is 27.6 Å². The third-order valence-electron chi connectivity index (χ3n) is 10.8. The van der Waals surface area contributed by atoms with E-state index in [4.69, 9.17) is 29.0 Å². The number of thiazole rings is 1. The molecule has 0 saturated heterocycles. The molecule has 0 radical (unpaired) electrons. The Bertz CT molecular complexity index is 1530. The maximum Gasteiger partial charge on any atom is 0.192 e. The van der Waals surface area contributed by atoms with Crippen LogP contribution in [0.3, 0.4) is 0 Å². The zero-order chi connectivity index (χ0) is 35.8. The molecule has 2 fully saturated rings. The summed E-state index contributed by atoms with van der Waals surface area (Å²) in [4.78, 5) is 13.6. The van der Waals surface area contributed by atoms with E-state index in [1.165, 1.54) is 32.1 Å². The van der Waals surface area contributed by atoms with Gasteiger partial charge >= 0.3 is 0 Å². The van der Waals surface area contributed by atoms with Gasteiger partial charge in [-0.3, -0.25) is 0 Å². The summed E-state index contributed by atoms with van der Waals surface area (Å²) in [5.41, 5.74) is 3.05. The number of fused-ring (bicyclic) bond motifs is 3. The van der Waals surface area contributed by atoms with Gasteiger partial charge in [0, 0.05) is 41.5 Å². The lowest BCUT2D eigenvalue weighted by Gasteiger charge is -2.35. The van der Waals surface area contributed by atoms with Gasteiger partial charge in [-0.05, 0) is 77.2 Å². The summed E-state index contributed by atoms with van der Waals surface area (Å²) >= 11 is 5.81. The second-order valence-electron chi connectivity index (χ2n) is 18.5. The third-order valence-corrected chi connectivity index (χ3v) is 20.5. The Balaban J connectivity index is 1.52. The lowest BCUT2D eigenvalue weighted by atomic mass is 9.79. The van der Waals surface area contributed by atoms with Crippen molar-refractivity contribution >= 4 is 63.2 Å². The fourth-order valence-electron chi connectivity index (χ4n) is 6.65. The molecular weight excluding hydrogens is 747 g/mol. The minimum Gasteiger partial charge on any atom is -0.410 e. The molecule has 0 aliphatic heterocycles. The zero-order valence-corrected chi connectivity index (χ0v) is 37.5. The first-order valence-corrected chi connectivity index (χ1v) is 30.3. The van der Waals surface area contributed by atoms with E-state index in [9.17, 15) is 0 Å². The molecule has 274 valence electrons. The van der Waals surface area contributed by atoms with Gasteiger partial charge in [-0.25, -0.2) is 9.97 Å². The number of halogens is 1. The molecule has 2 saturated carbocycles. The van der Waals surface area contributed by atoms with E-state index in [0.717, 1.165) is 74.2 Å². The number of hydrogen-bond acceptors (Lipinski definition) is 8. The summed E-state index contributed by atoms with van der Waals surface area (Å²) < 4.78 is 22.4. The first kappa shape index (κ1) is 39.3. The fourth-order valence-corrected chi connectivity index (χ4v) is 10.9. The van der Waals surface area contributed by atoms with Crippen molar-refractivity contribution in [3.63, 3.8) is 0 Å². The van der Waals surface area contributed by atoms with Crippen LogP contribution in [0, 0.1) is 11.8 Å². The number of ether oxygens (including phenoxy) is 2. The Morgan fingerprint density at radius 2 is 1.49 bits per heavy atom. The number of rotatable bonds is 16. The normalized spacial score (nSPS) is 20.4. The van der Waals surface area contributed by atoms with Gasteiger partial charge < -0.3 is 18.8 Å². The van der Waals surface area contributed by atoms with Gasteiger partial charge in [0.15, 0.2) is 19.8 Å². The van der Waals surface area contributed by atoms with Crippen LogP contribution in [0.15, 0.2) is 16.9 Å². The highest BCUT2D eigenvalue weighted by atomic mass is 79.9. The number of aromatic nitrogens is 4. The Kier molecular flexibility index (Phi) is 12.5. The predicted molar refractivity (Wildman–Crippen MR) is 217 cm³/mol. The average molecular weight is 809 g/mol. The van der Waals surface area contributed by atoms with Crippen molar-refractivity contribution in [2.75, 3.05) is 31.6 Å². The molecule has 3 aromatic rings. The second-order valence-corrected chi connectivity index (χ2v) is 36.5. The van der Waals surface area contributed by atoms with Gasteiger partial charge in [0.1, 0.15) is 18.5 Å². The molecule has 0 amide bonds. The van der Waals surface area contributed by atoms with Gasteiger partial charge in [-0.2, -0.15) is 9.61 Å². The second kappa shape index (κ2) is 15.6. The molecule has 2 aliphatic rings. The van der Waals surface area contributed by atoms with Crippen LogP contribution in [0.2, 0.25) is 69.5 Å². The summed E-state index contributed by atoms with van der Waals surface area (Å²) in [5, 5.41) is 6.15. The van der Waals surface area contributed by atoms with Crippen molar-refractivity contribution in [1.29, 1.82) is 0 Å². The highest BCUT2D eigenvalue weighted by Gasteiger charge is 2.39. The van der Waals surface area contributed by atoms with Crippen LogP contribution >= 0.6 is 27.3 Å². The monoisotopic (exact) mass is 807 g/mol. The highest BCUT2D eigenvalue weighted by Crippen LogP contribution is 2.50. The lowest BCUT2D eigenvalue weighted by molar-refractivity contribution is 0.0941. The predicted octanol–water partition coefficient (Wildman–Crippen LogP) is 10.9. The topological polar surface area (TPSA) is 74.0 Å². The zero-order valence-electron chi connectivity index (χ0n) is 32.1. The van der Waals surface area contributed by atoms with Crippen molar-refractivity contribution in [2.45, 2.75) is 135 Å². The lowest BCUT2D eigenvalue weighted by Crippen LogP contribution is -2.40. The van der Waals surface area contributed by atoms with Crippen LogP contribution in [-0.2, 0) is 20.5 Å². The molecule has 3 atom stereocenters. The molecule has 3 aromatic heterocycles. The highest BCUT2D eigenvalue weighted by molar-refractivity contribution is 9.10. The van der Waals surface area contributed by atoms with Crippen LogP contribution < -0.4 is 4.90 Å². The Morgan fingerprint density at radius 3 is 2.04 bits per heavy atom. The summed E-state index contributed by atoms with van der Waals surface area (Å²) in [7, 11) is -4.35. The average Bonchev–Trinajstić information content (AvgIpc) is 3.71. The van der Waals surface area contributed by atoms with E-state index in [1.807, 2.05) is 16.9 Å². The summed E-state index contributed by atoms with van der Waals surface area (Å²) in [6.07, 6.45) is 10.4. The van der Waals surface area contributed by atoms with Crippen molar-refractivity contribution < 1.29 is 13.9 Å².